The molecule has 0 aromatic heterocycles. The highest BCUT2D eigenvalue weighted by Gasteiger charge is 2.39. The van der Waals surface area contributed by atoms with Gasteiger partial charge in [0.05, 0.1) is 24.3 Å². The van der Waals surface area contributed by atoms with Gasteiger partial charge in [-0.1, -0.05) is 12.1 Å². The molecule has 1 heterocycles. The Morgan fingerprint density at radius 3 is 2.33 bits per heavy atom. The monoisotopic (exact) mass is 313 g/mol. The Morgan fingerprint density at radius 2 is 1.86 bits per heavy atom. The van der Waals surface area contributed by atoms with Gasteiger partial charge in [0.15, 0.2) is 0 Å². The van der Waals surface area contributed by atoms with Gasteiger partial charge in [-0.25, -0.2) is 13.2 Å². The molecule has 0 bridgehead atoms. The fourth-order valence-corrected chi connectivity index (χ4v) is 3.59. The van der Waals surface area contributed by atoms with E-state index >= 15 is 0 Å². The van der Waals surface area contributed by atoms with Gasteiger partial charge in [0, 0.05) is 13.1 Å². The van der Waals surface area contributed by atoms with E-state index in [-0.39, 0.29) is 18.8 Å². The van der Waals surface area contributed by atoms with Crippen LogP contribution in [0.4, 0.5) is 0 Å². The SMILES string of the molecule is COC(=O)c1ccc(CS(=O)(=O)N2CC(C(=O)O)C2)cc1. The Bertz CT molecular complexity index is 646. The second kappa shape index (κ2) is 5.82. The van der Waals surface area contributed by atoms with Crippen LogP contribution in [0.15, 0.2) is 24.3 Å². The molecular weight excluding hydrogens is 298 g/mol. The summed E-state index contributed by atoms with van der Waals surface area (Å²) in [7, 11) is -2.26. The van der Waals surface area contributed by atoms with Crippen LogP contribution in [-0.4, -0.2) is 50.0 Å². The van der Waals surface area contributed by atoms with Gasteiger partial charge in [0.25, 0.3) is 0 Å². The first kappa shape index (κ1) is 15.5. The van der Waals surface area contributed by atoms with Crippen molar-refractivity contribution in [1.29, 1.82) is 0 Å². The predicted molar refractivity (Wildman–Crippen MR) is 73.1 cm³/mol. The number of hydrogen-bond acceptors (Lipinski definition) is 5. The number of carbonyl (C=O) groups excluding carboxylic acids is 1. The number of carboxylic acids is 1. The molecule has 1 aliphatic heterocycles. The van der Waals surface area contributed by atoms with Gasteiger partial charge in [-0.15, -0.1) is 0 Å². The number of rotatable bonds is 5. The molecule has 1 aromatic rings. The van der Waals surface area contributed by atoms with E-state index in [4.69, 9.17) is 5.11 Å². The normalized spacial score (nSPS) is 16.2. The number of sulfonamides is 1. The van der Waals surface area contributed by atoms with Crippen molar-refractivity contribution in [1.82, 2.24) is 4.31 Å². The van der Waals surface area contributed by atoms with Crippen molar-refractivity contribution in [3.63, 3.8) is 0 Å². The summed E-state index contributed by atoms with van der Waals surface area (Å²) in [6, 6.07) is 6.07. The number of carbonyl (C=O) groups is 2. The molecule has 1 saturated heterocycles. The first-order chi connectivity index (χ1) is 9.83. The lowest BCUT2D eigenvalue weighted by molar-refractivity contribution is -0.145. The van der Waals surface area contributed by atoms with Gasteiger partial charge in [0.1, 0.15) is 0 Å². The van der Waals surface area contributed by atoms with Gasteiger partial charge >= 0.3 is 11.9 Å². The first-order valence-electron chi connectivity index (χ1n) is 6.21. The molecule has 0 saturated carbocycles. The first-order valence-corrected chi connectivity index (χ1v) is 7.82. The molecule has 0 unspecified atom stereocenters. The molecule has 1 N–H and O–H groups in total. The predicted octanol–water partition coefficient (Wildman–Crippen LogP) is 0.319. The minimum Gasteiger partial charge on any atom is -0.481 e. The van der Waals surface area contributed by atoms with Gasteiger partial charge < -0.3 is 9.84 Å². The van der Waals surface area contributed by atoms with Gasteiger partial charge in [-0.05, 0) is 17.7 Å². The van der Waals surface area contributed by atoms with Crippen molar-refractivity contribution in [2.75, 3.05) is 20.2 Å². The van der Waals surface area contributed by atoms with Crippen molar-refractivity contribution < 1.29 is 27.9 Å². The topological polar surface area (TPSA) is 101 Å². The quantitative estimate of drug-likeness (QED) is 0.786. The number of ether oxygens (including phenoxy) is 1. The molecule has 0 atom stereocenters. The van der Waals surface area contributed by atoms with E-state index in [0.29, 0.717) is 11.1 Å². The number of hydrogen-bond donors (Lipinski definition) is 1. The zero-order valence-electron chi connectivity index (χ0n) is 11.4. The van der Waals surface area contributed by atoms with E-state index < -0.39 is 27.9 Å². The summed E-state index contributed by atoms with van der Waals surface area (Å²) in [5.41, 5.74) is 0.870. The van der Waals surface area contributed by atoms with Crippen LogP contribution in [0.25, 0.3) is 0 Å². The molecular formula is C13H15NO6S. The molecule has 2 rings (SSSR count). The Hall–Kier alpha value is -1.93. The average molecular weight is 313 g/mol. The van der Waals surface area contributed by atoms with Crippen molar-refractivity contribution >= 4 is 22.0 Å². The third-order valence-corrected chi connectivity index (χ3v) is 5.10. The summed E-state index contributed by atoms with van der Waals surface area (Å²) in [6.07, 6.45) is 0. The third kappa shape index (κ3) is 3.40. The lowest BCUT2D eigenvalue weighted by Gasteiger charge is -2.35. The van der Waals surface area contributed by atoms with Crippen LogP contribution in [0.5, 0.6) is 0 Å². The van der Waals surface area contributed by atoms with Gasteiger partial charge in [-0.2, -0.15) is 4.31 Å². The Morgan fingerprint density at radius 1 is 1.29 bits per heavy atom. The summed E-state index contributed by atoms with van der Waals surface area (Å²) >= 11 is 0. The van der Waals surface area contributed by atoms with Crippen LogP contribution in [0, 0.1) is 5.92 Å². The highest BCUT2D eigenvalue weighted by Crippen LogP contribution is 2.22. The summed E-state index contributed by atoms with van der Waals surface area (Å²) < 4.78 is 29.8. The fraction of sp³-hybridized carbons (Fsp3) is 0.385. The number of aliphatic carboxylic acids is 1. The van der Waals surface area contributed by atoms with Crippen LogP contribution < -0.4 is 0 Å². The summed E-state index contributed by atoms with van der Waals surface area (Å²) in [6.45, 7) is 0.0236. The van der Waals surface area contributed by atoms with Crippen LogP contribution in [-0.2, 0) is 25.3 Å². The molecule has 114 valence electrons. The molecule has 8 heteroatoms. The summed E-state index contributed by atoms with van der Waals surface area (Å²) in [5.74, 6) is -2.32. The van der Waals surface area contributed by atoms with E-state index in [2.05, 4.69) is 4.74 Å². The summed E-state index contributed by atoms with van der Waals surface area (Å²) in [5, 5.41) is 8.75. The number of carboxylic acid groups (broad SMARTS) is 1. The van der Waals surface area contributed by atoms with Crippen LogP contribution >= 0.6 is 0 Å². The zero-order valence-corrected chi connectivity index (χ0v) is 12.2. The Balaban J connectivity index is 2.01. The molecule has 0 radical (unpaired) electrons. The molecule has 1 fully saturated rings. The minimum atomic E-state index is -3.53. The minimum absolute atomic E-state index is 0.0118. The maximum atomic E-state index is 12.1. The van der Waals surface area contributed by atoms with Crippen molar-refractivity contribution in [2.45, 2.75) is 5.75 Å². The largest absolute Gasteiger partial charge is 0.481 e. The maximum Gasteiger partial charge on any atom is 0.337 e. The molecule has 0 aliphatic carbocycles. The van der Waals surface area contributed by atoms with Gasteiger partial charge in [0.2, 0.25) is 10.0 Å². The van der Waals surface area contributed by atoms with Crippen molar-refractivity contribution in [3.8, 4) is 0 Å². The highest BCUT2D eigenvalue weighted by atomic mass is 32.2. The molecule has 7 nitrogen and oxygen atoms in total. The second-order valence-electron chi connectivity index (χ2n) is 4.80. The molecule has 21 heavy (non-hydrogen) atoms. The van der Waals surface area contributed by atoms with E-state index in [1.165, 1.54) is 31.4 Å². The van der Waals surface area contributed by atoms with E-state index in [1.54, 1.807) is 0 Å². The van der Waals surface area contributed by atoms with Crippen molar-refractivity contribution in [2.24, 2.45) is 5.92 Å². The number of benzene rings is 1. The van der Waals surface area contributed by atoms with Gasteiger partial charge in [-0.3, -0.25) is 4.79 Å². The molecule has 1 aliphatic rings. The highest BCUT2D eigenvalue weighted by molar-refractivity contribution is 7.88. The van der Waals surface area contributed by atoms with Crippen LogP contribution in [0.2, 0.25) is 0 Å². The van der Waals surface area contributed by atoms with E-state index in [9.17, 15) is 18.0 Å². The maximum absolute atomic E-state index is 12.1. The number of nitrogens with zero attached hydrogens (tertiary/aromatic N) is 1. The van der Waals surface area contributed by atoms with Crippen molar-refractivity contribution in [3.05, 3.63) is 35.4 Å². The van der Waals surface area contributed by atoms with E-state index in [0.717, 1.165) is 4.31 Å². The standard InChI is InChI=1S/C13H15NO6S/c1-20-13(17)10-4-2-9(3-5-10)8-21(18,19)14-6-11(7-14)12(15)16/h2-5,11H,6-8H2,1H3,(H,15,16). The molecule has 1 aromatic carbocycles. The Kier molecular flexibility index (Phi) is 4.29. The molecule has 0 spiro atoms. The van der Waals surface area contributed by atoms with E-state index in [1.807, 2.05) is 0 Å². The molecule has 0 amide bonds. The fourth-order valence-electron chi connectivity index (χ4n) is 1.98. The van der Waals surface area contributed by atoms with Crippen LogP contribution in [0.1, 0.15) is 15.9 Å². The average Bonchev–Trinajstić information content (AvgIpc) is 2.35. The Labute approximate surface area is 122 Å². The second-order valence-corrected chi connectivity index (χ2v) is 6.77. The lowest BCUT2D eigenvalue weighted by Crippen LogP contribution is -2.53. The number of methoxy groups -OCH3 is 1. The van der Waals surface area contributed by atoms with Crippen LogP contribution in [0.3, 0.4) is 0 Å². The summed E-state index contributed by atoms with van der Waals surface area (Å²) in [4.78, 5) is 21.9. The lowest BCUT2D eigenvalue weighted by atomic mass is 10.0. The smallest absolute Gasteiger partial charge is 0.337 e. The number of esters is 1. The zero-order chi connectivity index (χ0) is 15.6. The third-order valence-electron chi connectivity index (χ3n) is 3.31.